The van der Waals surface area contributed by atoms with Crippen LogP contribution in [0.1, 0.15) is 43.0 Å². The number of rotatable bonds is 2. The molecule has 1 amide bonds. The van der Waals surface area contributed by atoms with Gasteiger partial charge in [0.15, 0.2) is 0 Å². The molecule has 0 aromatic carbocycles. The van der Waals surface area contributed by atoms with E-state index in [-0.39, 0.29) is 24.3 Å². The number of likely N-dealkylation sites (tertiary alicyclic amines) is 1. The van der Waals surface area contributed by atoms with Crippen molar-refractivity contribution in [2.75, 3.05) is 6.54 Å². The molecule has 21 heavy (non-hydrogen) atoms. The summed E-state index contributed by atoms with van der Waals surface area (Å²) in [5.74, 6) is -2.56. The summed E-state index contributed by atoms with van der Waals surface area (Å²) in [4.78, 5) is 16.9. The molecule has 1 unspecified atom stereocenters. The van der Waals surface area contributed by atoms with E-state index < -0.39 is 5.92 Å². The molecular formula is C15H15F2N3O. The summed E-state index contributed by atoms with van der Waals surface area (Å²) in [5.41, 5.74) is 0.745. The Morgan fingerprint density at radius 2 is 2.19 bits per heavy atom. The van der Waals surface area contributed by atoms with Gasteiger partial charge in [0, 0.05) is 25.6 Å². The summed E-state index contributed by atoms with van der Waals surface area (Å²) in [7, 11) is 0. The van der Waals surface area contributed by atoms with Crippen LogP contribution in [-0.2, 0) is 4.79 Å². The number of hydrogen-bond donors (Lipinski definition) is 0. The van der Waals surface area contributed by atoms with Crippen molar-refractivity contribution in [3.8, 4) is 6.07 Å². The molecule has 0 bridgehead atoms. The molecule has 1 saturated heterocycles. The normalized spacial score (nSPS) is 26.0. The third-order valence-corrected chi connectivity index (χ3v) is 4.62. The van der Waals surface area contributed by atoms with E-state index in [1.165, 1.54) is 0 Å². The van der Waals surface area contributed by atoms with Gasteiger partial charge in [0.05, 0.1) is 6.04 Å². The highest BCUT2D eigenvalue weighted by Gasteiger charge is 2.58. The highest BCUT2D eigenvalue weighted by molar-refractivity contribution is 5.49. The van der Waals surface area contributed by atoms with E-state index in [9.17, 15) is 13.6 Å². The lowest BCUT2D eigenvalue weighted by Crippen LogP contribution is -2.52. The van der Waals surface area contributed by atoms with E-state index >= 15 is 0 Å². The number of alkyl halides is 2. The molecule has 1 aromatic rings. The Morgan fingerprint density at radius 3 is 2.71 bits per heavy atom. The summed E-state index contributed by atoms with van der Waals surface area (Å²) in [6, 6.07) is 5.05. The number of nitriles is 1. The second-order valence-electron chi connectivity index (χ2n) is 6.11. The lowest BCUT2D eigenvalue weighted by atomic mass is 9.59. The molecule has 0 N–H and O–H groups in total. The van der Waals surface area contributed by atoms with Gasteiger partial charge in [-0.15, -0.1) is 0 Å². The molecule has 110 valence electrons. The number of amides is 1. The maximum atomic E-state index is 13.2. The van der Waals surface area contributed by atoms with Crippen molar-refractivity contribution in [2.24, 2.45) is 5.41 Å². The Bertz CT molecular complexity index is 586. The minimum Gasteiger partial charge on any atom is -0.338 e. The molecule has 1 atom stereocenters. The predicted molar refractivity (Wildman–Crippen MR) is 70.3 cm³/mol. The number of carbonyl (C=O) groups excluding carboxylic acids is 1. The van der Waals surface area contributed by atoms with Gasteiger partial charge in [-0.25, -0.2) is 13.8 Å². The van der Waals surface area contributed by atoms with Gasteiger partial charge in [-0.1, -0.05) is 6.07 Å². The zero-order chi connectivity index (χ0) is 15.1. The van der Waals surface area contributed by atoms with Crippen LogP contribution in [0, 0.1) is 16.7 Å². The highest BCUT2D eigenvalue weighted by atomic mass is 19.3. The van der Waals surface area contributed by atoms with Gasteiger partial charge in [-0.05, 0) is 29.9 Å². The largest absolute Gasteiger partial charge is 0.338 e. The Labute approximate surface area is 121 Å². The molecular weight excluding hydrogens is 276 g/mol. The SMILES string of the molecule is N#Cc1ccc(C2CC3(CCN2C=O)CC(F)(F)C3)cn1. The van der Waals surface area contributed by atoms with Gasteiger partial charge in [-0.3, -0.25) is 4.79 Å². The molecule has 3 rings (SSSR count). The van der Waals surface area contributed by atoms with Crippen molar-refractivity contribution in [1.82, 2.24) is 9.88 Å². The lowest BCUT2D eigenvalue weighted by Gasteiger charge is -2.54. The van der Waals surface area contributed by atoms with E-state index in [0.29, 0.717) is 25.1 Å². The average molecular weight is 291 g/mol. The third kappa shape index (κ3) is 2.48. The Balaban J connectivity index is 1.83. The fourth-order valence-corrected chi connectivity index (χ4v) is 3.62. The maximum absolute atomic E-state index is 13.2. The Morgan fingerprint density at radius 1 is 1.43 bits per heavy atom. The van der Waals surface area contributed by atoms with Gasteiger partial charge < -0.3 is 4.90 Å². The lowest BCUT2D eigenvalue weighted by molar-refractivity contribution is -0.185. The summed E-state index contributed by atoms with van der Waals surface area (Å²) >= 11 is 0. The standard InChI is InChI=1S/C15H15F2N3O/c16-15(17)8-14(9-15)3-4-20(10-21)13(5-14)11-1-2-12(6-18)19-7-11/h1-2,7,10,13H,3-5,8-9H2. The number of hydrogen-bond acceptors (Lipinski definition) is 3. The minimum atomic E-state index is -2.56. The number of carbonyl (C=O) groups is 1. The van der Waals surface area contributed by atoms with Crippen LogP contribution in [0.4, 0.5) is 8.78 Å². The first kappa shape index (κ1) is 13.9. The summed E-state index contributed by atoms with van der Waals surface area (Å²) < 4.78 is 26.5. The number of pyridine rings is 1. The summed E-state index contributed by atoms with van der Waals surface area (Å²) in [6.45, 7) is 0.490. The Hall–Kier alpha value is -2.03. The topological polar surface area (TPSA) is 57.0 Å². The molecule has 2 aliphatic rings. The first-order valence-corrected chi connectivity index (χ1v) is 6.92. The van der Waals surface area contributed by atoms with Gasteiger partial charge in [0.1, 0.15) is 11.8 Å². The van der Waals surface area contributed by atoms with Crippen molar-refractivity contribution in [2.45, 2.75) is 37.6 Å². The van der Waals surface area contributed by atoms with Gasteiger partial charge in [-0.2, -0.15) is 5.26 Å². The molecule has 1 aromatic heterocycles. The van der Waals surface area contributed by atoms with E-state index in [2.05, 4.69) is 4.98 Å². The van der Waals surface area contributed by atoms with Crippen LogP contribution in [0.5, 0.6) is 0 Å². The zero-order valence-corrected chi connectivity index (χ0v) is 11.4. The number of piperidine rings is 1. The smallest absolute Gasteiger partial charge is 0.249 e. The molecule has 1 saturated carbocycles. The molecule has 0 radical (unpaired) electrons. The fourth-order valence-electron chi connectivity index (χ4n) is 3.62. The van der Waals surface area contributed by atoms with Gasteiger partial charge in [0.2, 0.25) is 12.3 Å². The van der Waals surface area contributed by atoms with Gasteiger partial charge in [0.25, 0.3) is 0 Å². The predicted octanol–water partition coefficient (Wildman–Crippen LogP) is 2.66. The van der Waals surface area contributed by atoms with Crippen LogP contribution < -0.4 is 0 Å². The first-order valence-electron chi connectivity index (χ1n) is 6.92. The number of halogens is 2. The molecule has 1 aliphatic carbocycles. The molecule has 1 aliphatic heterocycles. The fraction of sp³-hybridized carbons (Fsp3) is 0.533. The van der Waals surface area contributed by atoms with Crippen LogP contribution in [0.25, 0.3) is 0 Å². The van der Waals surface area contributed by atoms with Crippen molar-refractivity contribution in [3.05, 3.63) is 29.6 Å². The zero-order valence-electron chi connectivity index (χ0n) is 11.4. The molecule has 2 fully saturated rings. The summed E-state index contributed by atoms with van der Waals surface area (Å²) in [6.07, 6.45) is 3.32. The number of nitrogens with zero attached hydrogens (tertiary/aromatic N) is 3. The third-order valence-electron chi connectivity index (χ3n) is 4.62. The van der Waals surface area contributed by atoms with Crippen LogP contribution in [0.15, 0.2) is 18.3 Å². The second kappa shape index (κ2) is 4.76. The highest BCUT2D eigenvalue weighted by Crippen LogP contribution is 2.60. The van der Waals surface area contributed by atoms with E-state index in [1.54, 1.807) is 23.2 Å². The molecule has 1 spiro atoms. The van der Waals surface area contributed by atoms with Crippen molar-refractivity contribution >= 4 is 6.41 Å². The van der Waals surface area contributed by atoms with E-state index in [1.807, 2.05) is 6.07 Å². The molecule has 4 nitrogen and oxygen atoms in total. The van der Waals surface area contributed by atoms with E-state index in [0.717, 1.165) is 12.0 Å². The minimum absolute atomic E-state index is 0.0904. The Kier molecular flexibility index (Phi) is 3.16. The quantitative estimate of drug-likeness (QED) is 0.787. The summed E-state index contributed by atoms with van der Waals surface area (Å²) in [5, 5.41) is 8.76. The monoisotopic (exact) mass is 291 g/mol. The average Bonchev–Trinajstić information content (AvgIpc) is 2.45. The van der Waals surface area contributed by atoms with Crippen LogP contribution in [0.2, 0.25) is 0 Å². The second-order valence-corrected chi connectivity index (χ2v) is 6.11. The molecule has 2 heterocycles. The van der Waals surface area contributed by atoms with Crippen molar-refractivity contribution in [1.29, 1.82) is 5.26 Å². The number of aromatic nitrogens is 1. The van der Waals surface area contributed by atoms with E-state index in [4.69, 9.17) is 5.26 Å². The van der Waals surface area contributed by atoms with Crippen molar-refractivity contribution in [3.63, 3.8) is 0 Å². The van der Waals surface area contributed by atoms with Crippen molar-refractivity contribution < 1.29 is 13.6 Å². The maximum Gasteiger partial charge on any atom is 0.249 e. The van der Waals surface area contributed by atoms with Crippen LogP contribution in [0.3, 0.4) is 0 Å². The van der Waals surface area contributed by atoms with Crippen LogP contribution in [-0.4, -0.2) is 28.8 Å². The first-order chi connectivity index (χ1) is 9.97. The van der Waals surface area contributed by atoms with Crippen LogP contribution >= 0.6 is 0 Å². The molecule has 6 heteroatoms. The van der Waals surface area contributed by atoms with Gasteiger partial charge >= 0.3 is 0 Å².